The first-order chi connectivity index (χ1) is 9.51. The van der Waals surface area contributed by atoms with Crippen LogP contribution in [0.2, 0.25) is 0 Å². The fourth-order valence-corrected chi connectivity index (χ4v) is 3.11. The quantitative estimate of drug-likeness (QED) is 0.554. The molecule has 1 N–H and O–H groups in total. The number of nitrogens with zero attached hydrogens (tertiary/aromatic N) is 1. The average molecular weight is 302 g/mol. The highest BCUT2D eigenvalue weighted by Gasteiger charge is 2.37. The van der Waals surface area contributed by atoms with E-state index in [1.54, 1.807) is 0 Å². The summed E-state index contributed by atoms with van der Waals surface area (Å²) in [6.45, 7) is 12.4. The van der Waals surface area contributed by atoms with E-state index < -0.39 is 11.7 Å². The maximum atomic E-state index is 12.8. The van der Waals surface area contributed by atoms with Gasteiger partial charge >= 0.3 is 6.18 Å². The summed E-state index contributed by atoms with van der Waals surface area (Å²) in [7, 11) is 0. The molecule has 0 aromatic carbocycles. The van der Waals surface area contributed by atoms with Crippen molar-refractivity contribution in [3.05, 3.63) is 23.4 Å². The number of hydrogen-bond donors (Lipinski definition) is 1. The lowest BCUT2D eigenvalue weighted by molar-refractivity contribution is -0.0918. The summed E-state index contributed by atoms with van der Waals surface area (Å²) in [5, 5.41) is 7.30. The van der Waals surface area contributed by atoms with E-state index in [1.807, 2.05) is 11.8 Å². The summed E-state index contributed by atoms with van der Waals surface area (Å²) in [5.41, 5.74) is -0.238. The van der Waals surface area contributed by atoms with Gasteiger partial charge in [-0.05, 0) is 38.0 Å². The van der Waals surface area contributed by atoms with E-state index in [-0.39, 0.29) is 5.57 Å². The summed E-state index contributed by atoms with van der Waals surface area (Å²) in [6.07, 6.45) is -1.50. The van der Waals surface area contributed by atoms with E-state index in [0.717, 1.165) is 26.0 Å². The van der Waals surface area contributed by atoms with E-state index in [9.17, 15) is 13.2 Å². The predicted octanol–water partition coefficient (Wildman–Crippen LogP) is 4.79. The van der Waals surface area contributed by atoms with Gasteiger partial charge in [0.2, 0.25) is 0 Å². The van der Waals surface area contributed by atoms with Crippen LogP contribution in [-0.4, -0.2) is 30.4 Å². The Morgan fingerprint density at radius 1 is 1.38 bits per heavy atom. The molecule has 21 heavy (non-hydrogen) atoms. The predicted molar refractivity (Wildman–Crippen MR) is 80.4 cm³/mol. The molecule has 5 heteroatoms. The first-order valence-corrected chi connectivity index (χ1v) is 7.24. The normalized spacial score (nSPS) is 19.6. The van der Waals surface area contributed by atoms with Crippen molar-refractivity contribution in [2.45, 2.75) is 46.7 Å². The molecular formula is C16H25F3N2. The lowest BCUT2D eigenvalue weighted by atomic mass is 9.64. The zero-order valence-corrected chi connectivity index (χ0v) is 13.3. The van der Waals surface area contributed by atoms with Gasteiger partial charge in [0.15, 0.2) is 0 Å². The maximum Gasteiger partial charge on any atom is 0.413 e. The van der Waals surface area contributed by atoms with Gasteiger partial charge in [-0.3, -0.25) is 0 Å². The van der Waals surface area contributed by atoms with E-state index in [0.29, 0.717) is 30.1 Å². The van der Waals surface area contributed by atoms with Crippen LogP contribution in [0.15, 0.2) is 23.4 Å². The topological polar surface area (TPSA) is 27.1 Å². The van der Waals surface area contributed by atoms with Crippen molar-refractivity contribution < 1.29 is 13.2 Å². The molecule has 0 bridgehead atoms. The second-order valence-corrected chi connectivity index (χ2v) is 6.60. The molecule has 0 aliphatic heterocycles. The van der Waals surface area contributed by atoms with Crippen molar-refractivity contribution in [1.82, 2.24) is 4.90 Å². The van der Waals surface area contributed by atoms with Crippen LogP contribution < -0.4 is 0 Å². The Balaban J connectivity index is 2.85. The Hall–Kier alpha value is -1.26. The highest BCUT2D eigenvalue weighted by atomic mass is 19.4. The van der Waals surface area contributed by atoms with Gasteiger partial charge in [-0.15, -0.1) is 0 Å². The maximum absolute atomic E-state index is 12.8. The lowest BCUT2D eigenvalue weighted by Crippen LogP contribution is -2.40. The summed E-state index contributed by atoms with van der Waals surface area (Å²) in [4.78, 5) is 1.86. The van der Waals surface area contributed by atoms with Crippen LogP contribution >= 0.6 is 0 Å². The lowest BCUT2D eigenvalue weighted by Gasteiger charge is -2.45. The Labute approximate surface area is 125 Å². The molecule has 1 aliphatic carbocycles. The van der Waals surface area contributed by atoms with Crippen LogP contribution in [0.4, 0.5) is 13.2 Å². The minimum Gasteiger partial charge on any atom is -0.371 e. The largest absolute Gasteiger partial charge is 0.413 e. The van der Waals surface area contributed by atoms with Crippen LogP contribution in [0.3, 0.4) is 0 Å². The van der Waals surface area contributed by atoms with Crippen molar-refractivity contribution in [3.8, 4) is 0 Å². The molecule has 0 aromatic rings. The minimum absolute atomic E-state index is 0.122. The molecule has 0 amide bonds. The Morgan fingerprint density at radius 2 is 1.90 bits per heavy atom. The van der Waals surface area contributed by atoms with Gasteiger partial charge in [-0.25, -0.2) is 0 Å². The highest BCUT2D eigenvalue weighted by Crippen LogP contribution is 2.45. The monoisotopic (exact) mass is 302 g/mol. The Morgan fingerprint density at radius 3 is 2.24 bits per heavy atom. The van der Waals surface area contributed by atoms with Crippen molar-refractivity contribution in [2.24, 2.45) is 11.3 Å². The number of allylic oxidation sites excluding steroid dienone is 2. The fourth-order valence-electron chi connectivity index (χ4n) is 3.11. The average Bonchev–Trinajstić information content (AvgIpc) is 2.32. The van der Waals surface area contributed by atoms with Crippen LogP contribution in [-0.2, 0) is 0 Å². The Bertz CT molecular complexity index is 439. The SMILES string of the molecule is C=C(/C(C=N)=C(/C)C(F)(F)F)N(CC)CC1CC(C)(C)C1. The zero-order chi connectivity index (χ0) is 16.4. The summed E-state index contributed by atoms with van der Waals surface area (Å²) in [5.74, 6) is 0.495. The molecule has 0 saturated heterocycles. The molecular weight excluding hydrogens is 277 g/mol. The molecule has 0 aromatic heterocycles. The fraction of sp³-hybridized carbons (Fsp3) is 0.688. The smallest absolute Gasteiger partial charge is 0.371 e. The van der Waals surface area contributed by atoms with Gasteiger partial charge in [0, 0.05) is 36.1 Å². The third-order valence-corrected chi connectivity index (χ3v) is 4.21. The third-order valence-electron chi connectivity index (χ3n) is 4.21. The molecule has 1 fully saturated rings. The van der Waals surface area contributed by atoms with Crippen LogP contribution in [0.1, 0.15) is 40.5 Å². The van der Waals surface area contributed by atoms with Crippen molar-refractivity contribution >= 4 is 6.21 Å². The van der Waals surface area contributed by atoms with Crippen molar-refractivity contribution in [1.29, 1.82) is 5.41 Å². The van der Waals surface area contributed by atoms with Gasteiger partial charge in [-0.1, -0.05) is 20.4 Å². The molecule has 1 aliphatic rings. The molecule has 2 nitrogen and oxygen atoms in total. The van der Waals surface area contributed by atoms with Crippen molar-refractivity contribution in [2.75, 3.05) is 13.1 Å². The van der Waals surface area contributed by atoms with Gasteiger partial charge in [-0.2, -0.15) is 13.2 Å². The van der Waals surface area contributed by atoms with Crippen molar-refractivity contribution in [3.63, 3.8) is 0 Å². The van der Waals surface area contributed by atoms with Gasteiger partial charge in [0.05, 0.1) is 0 Å². The number of hydrogen-bond acceptors (Lipinski definition) is 2. The standard InChI is InChI=1S/C16H25F3N2/c1-6-21(10-13-7-15(4,5)8-13)12(3)14(9-20)11(2)16(17,18)19/h9,13,20H,3,6-8,10H2,1-2,4-5H3/b14-11-,20-9?. The summed E-state index contributed by atoms with van der Waals surface area (Å²) in [6, 6.07) is 0. The number of alkyl halides is 3. The zero-order valence-electron chi connectivity index (χ0n) is 13.3. The number of halogens is 3. The third kappa shape index (κ3) is 4.35. The summed E-state index contributed by atoms with van der Waals surface area (Å²) >= 11 is 0. The molecule has 0 radical (unpaired) electrons. The van der Waals surface area contributed by atoms with Crippen LogP contribution in [0.5, 0.6) is 0 Å². The molecule has 1 rings (SSSR count). The first-order valence-electron chi connectivity index (χ1n) is 7.24. The van der Waals surface area contributed by atoms with E-state index in [2.05, 4.69) is 20.4 Å². The molecule has 120 valence electrons. The molecule has 0 spiro atoms. The second kappa shape index (κ2) is 6.24. The molecule has 1 saturated carbocycles. The van der Waals surface area contributed by atoms with Crippen LogP contribution in [0, 0.1) is 16.7 Å². The second-order valence-electron chi connectivity index (χ2n) is 6.60. The van der Waals surface area contributed by atoms with E-state index >= 15 is 0 Å². The van der Waals surface area contributed by atoms with Gasteiger partial charge < -0.3 is 10.3 Å². The summed E-state index contributed by atoms with van der Waals surface area (Å²) < 4.78 is 38.5. The number of nitrogens with one attached hydrogen (secondary N) is 1. The van der Waals surface area contributed by atoms with Gasteiger partial charge in [0.25, 0.3) is 0 Å². The highest BCUT2D eigenvalue weighted by molar-refractivity contribution is 5.83. The van der Waals surface area contributed by atoms with Crippen LogP contribution in [0.25, 0.3) is 0 Å². The molecule has 0 heterocycles. The molecule has 0 atom stereocenters. The van der Waals surface area contributed by atoms with Gasteiger partial charge in [0.1, 0.15) is 0 Å². The Kier molecular flexibility index (Phi) is 5.29. The van der Waals surface area contributed by atoms with E-state index in [4.69, 9.17) is 5.41 Å². The minimum atomic E-state index is -4.42. The number of rotatable bonds is 6. The molecule has 0 unspecified atom stereocenters. The van der Waals surface area contributed by atoms with E-state index in [1.165, 1.54) is 0 Å². The number of likely N-dealkylation sites (N-methyl/N-ethyl adjacent to an activating group) is 1. The first kappa shape index (κ1) is 17.8.